The lowest BCUT2D eigenvalue weighted by Gasteiger charge is -2.28. The molecule has 0 unspecified atom stereocenters. The number of fused-ring (bicyclic) bond motifs is 1. The smallest absolute Gasteiger partial charge is 0.253 e. The average Bonchev–Trinajstić information content (AvgIpc) is 2.68. The molecular formula is C20H15BrCl3N3OS. The lowest BCUT2D eigenvalue weighted by Crippen LogP contribution is -2.56. The minimum atomic E-state index is -1.85. The van der Waals surface area contributed by atoms with Crippen LogP contribution in [0.5, 0.6) is 0 Å². The lowest BCUT2D eigenvalue weighted by atomic mass is 10.0. The van der Waals surface area contributed by atoms with E-state index in [0.29, 0.717) is 5.56 Å². The second-order valence-electron chi connectivity index (χ2n) is 6.05. The molecule has 0 fully saturated rings. The maximum atomic E-state index is 12.9. The van der Waals surface area contributed by atoms with E-state index >= 15 is 0 Å². The Bertz CT molecular complexity index is 1050. The number of amides is 1. The summed E-state index contributed by atoms with van der Waals surface area (Å²) >= 11 is 27.0. The first-order valence-corrected chi connectivity index (χ1v) is 10.8. The van der Waals surface area contributed by atoms with E-state index in [0.717, 1.165) is 20.9 Å². The maximum Gasteiger partial charge on any atom is 0.253 e. The molecule has 4 nitrogen and oxygen atoms in total. The van der Waals surface area contributed by atoms with Crippen molar-refractivity contribution in [2.75, 3.05) is 5.32 Å². The van der Waals surface area contributed by atoms with Crippen LogP contribution in [0.15, 0.2) is 71.2 Å². The van der Waals surface area contributed by atoms with Crippen LogP contribution >= 0.6 is 63.0 Å². The number of benzene rings is 3. The van der Waals surface area contributed by atoms with E-state index in [1.54, 1.807) is 12.1 Å². The molecule has 0 aliphatic heterocycles. The molecule has 0 bridgehead atoms. The minimum Gasteiger partial charge on any atom is -0.339 e. The fraction of sp³-hybridized carbons (Fsp3) is 0.100. The Morgan fingerprint density at radius 2 is 1.59 bits per heavy atom. The highest BCUT2D eigenvalue weighted by molar-refractivity contribution is 9.10. The molecule has 1 amide bonds. The molecule has 0 aliphatic rings. The summed E-state index contributed by atoms with van der Waals surface area (Å²) in [5.74, 6) is -0.394. The van der Waals surface area contributed by atoms with Crippen molar-refractivity contribution >= 4 is 90.4 Å². The molecule has 0 radical (unpaired) electrons. The average molecular weight is 532 g/mol. The van der Waals surface area contributed by atoms with Crippen LogP contribution in [0, 0.1) is 0 Å². The topological polar surface area (TPSA) is 53.2 Å². The number of alkyl halides is 3. The fourth-order valence-corrected chi connectivity index (χ4v) is 3.62. The van der Waals surface area contributed by atoms with Gasteiger partial charge in [0, 0.05) is 10.0 Å². The molecule has 3 rings (SSSR count). The highest BCUT2D eigenvalue weighted by atomic mass is 79.9. The van der Waals surface area contributed by atoms with Crippen molar-refractivity contribution in [1.82, 2.24) is 10.6 Å². The summed E-state index contributed by atoms with van der Waals surface area (Å²) in [6, 6.07) is 20.4. The van der Waals surface area contributed by atoms with Crippen LogP contribution < -0.4 is 16.0 Å². The van der Waals surface area contributed by atoms with Gasteiger partial charge in [-0.05, 0) is 57.1 Å². The minimum absolute atomic E-state index is 0.187. The van der Waals surface area contributed by atoms with Gasteiger partial charge in [0.2, 0.25) is 3.79 Å². The number of hydrogen-bond donors (Lipinski definition) is 3. The van der Waals surface area contributed by atoms with E-state index in [2.05, 4.69) is 31.9 Å². The number of anilines is 1. The number of nitrogens with one attached hydrogen (secondary N) is 3. The summed E-state index contributed by atoms with van der Waals surface area (Å²) < 4.78 is -1.03. The number of carbonyl (C=O) groups excluding carboxylic acids is 1. The molecule has 0 aliphatic carbocycles. The number of halogens is 4. The number of para-hydroxylation sites is 1. The third-order valence-electron chi connectivity index (χ3n) is 4.03. The largest absolute Gasteiger partial charge is 0.339 e. The van der Waals surface area contributed by atoms with Gasteiger partial charge in [-0.3, -0.25) is 4.79 Å². The molecule has 0 heterocycles. The van der Waals surface area contributed by atoms with Crippen molar-refractivity contribution in [1.29, 1.82) is 0 Å². The predicted octanol–water partition coefficient (Wildman–Crippen LogP) is 6.02. The van der Waals surface area contributed by atoms with Gasteiger partial charge >= 0.3 is 0 Å². The SMILES string of the molecule is O=C(N[C@@H](NC(=S)Nc1ccccc1Br)C(Cl)(Cl)Cl)c1cccc2ccccc12. The van der Waals surface area contributed by atoms with Crippen LogP contribution in [-0.2, 0) is 0 Å². The van der Waals surface area contributed by atoms with Gasteiger partial charge in [0.1, 0.15) is 6.17 Å². The van der Waals surface area contributed by atoms with E-state index in [1.807, 2.05) is 54.6 Å². The van der Waals surface area contributed by atoms with E-state index in [9.17, 15) is 4.79 Å². The highest BCUT2D eigenvalue weighted by Crippen LogP contribution is 2.30. The van der Waals surface area contributed by atoms with Gasteiger partial charge < -0.3 is 16.0 Å². The van der Waals surface area contributed by atoms with Crippen molar-refractivity contribution in [3.05, 3.63) is 76.8 Å². The Hall–Kier alpha value is -1.57. The second-order valence-corrected chi connectivity index (χ2v) is 9.68. The van der Waals surface area contributed by atoms with Crippen molar-refractivity contribution in [3.8, 4) is 0 Å². The van der Waals surface area contributed by atoms with E-state index in [1.165, 1.54) is 0 Å². The van der Waals surface area contributed by atoms with Crippen LogP contribution in [0.2, 0.25) is 0 Å². The zero-order chi connectivity index (χ0) is 21.0. The van der Waals surface area contributed by atoms with Crippen LogP contribution in [0.3, 0.4) is 0 Å². The van der Waals surface area contributed by atoms with Crippen LogP contribution in [0.25, 0.3) is 10.8 Å². The molecular weight excluding hydrogens is 517 g/mol. The molecule has 29 heavy (non-hydrogen) atoms. The van der Waals surface area contributed by atoms with Gasteiger partial charge in [-0.2, -0.15) is 0 Å². The van der Waals surface area contributed by atoms with Crippen LogP contribution in [-0.4, -0.2) is 21.0 Å². The second kappa shape index (κ2) is 9.49. The van der Waals surface area contributed by atoms with Crippen molar-refractivity contribution in [3.63, 3.8) is 0 Å². The standard InChI is InChI=1S/C20H15BrCl3N3OS/c21-15-10-3-4-11-16(15)25-19(29)27-18(20(22,23)24)26-17(28)14-9-5-7-12-6-1-2-8-13(12)14/h1-11,18H,(H,26,28)(H2,25,27,29)/t18-/m0/s1. The Morgan fingerprint density at radius 3 is 2.31 bits per heavy atom. The number of thiocarbonyl (C=S) groups is 1. The molecule has 0 saturated heterocycles. The fourth-order valence-electron chi connectivity index (χ4n) is 2.68. The van der Waals surface area contributed by atoms with E-state index < -0.39 is 15.9 Å². The van der Waals surface area contributed by atoms with Crippen molar-refractivity contribution in [2.24, 2.45) is 0 Å². The molecule has 0 saturated carbocycles. The first-order chi connectivity index (χ1) is 13.8. The Kier molecular flexibility index (Phi) is 7.24. The third kappa shape index (κ3) is 5.74. The third-order valence-corrected chi connectivity index (χ3v) is 5.60. The van der Waals surface area contributed by atoms with Gasteiger partial charge in [-0.1, -0.05) is 83.3 Å². The van der Waals surface area contributed by atoms with Crippen LogP contribution in [0.1, 0.15) is 10.4 Å². The lowest BCUT2D eigenvalue weighted by molar-refractivity contribution is 0.0936. The summed E-state index contributed by atoms with van der Waals surface area (Å²) in [6.45, 7) is 0. The molecule has 150 valence electrons. The summed E-state index contributed by atoms with van der Waals surface area (Å²) in [4.78, 5) is 12.9. The van der Waals surface area contributed by atoms with E-state index in [-0.39, 0.29) is 5.11 Å². The van der Waals surface area contributed by atoms with Gasteiger partial charge in [0.15, 0.2) is 5.11 Å². The first kappa shape index (κ1) is 22.1. The number of rotatable bonds is 4. The van der Waals surface area contributed by atoms with Gasteiger partial charge in [0.05, 0.1) is 5.69 Å². The van der Waals surface area contributed by atoms with Gasteiger partial charge in [0.25, 0.3) is 5.91 Å². The zero-order valence-electron chi connectivity index (χ0n) is 14.8. The molecule has 9 heteroatoms. The van der Waals surface area contributed by atoms with E-state index in [4.69, 9.17) is 47.0 Å². The summed E-state index contributed by atoms with van der Waals surface area (Å²) in [5, 5.41) is 10.5. The zero-order valence-corrected chi connectivity index (χ0v) is 19.4. The van der Waals surface area contributed by atoms with Crippen LogP contribution in [0.4, 0.5) is 5.69 Å². The Balaban J connectivity index is 1.78. The molecule has 3 aromatic carbocycles. The monoisotopic (exact) mass is 529 g/mol. The molecule has 0 aromatic heterocycles. The summed E-state index contributed by atoms with van der Waals surface area (Å²) in [5.41, 5.74) is 1.20. The maximum absolute atomic E-state index is 12.9. The first-order valence-electron chi connectivity index (χ1n) is 8.43. The molecule has 0 spiro atoms. The summed E-state index contributed by atoms with van der Waals surface area (Å²) in [6.07, 6.45) is -1.07. The summed E-state index contributed by atoms with van der Waals surface area (Å²) in [7, 11) is 0. The Morgan fingerprint density at radius 1 is 0.931 bits per heavy atom. The number of hydrogen-bond acceptors (Lipinski definition) is 2. The van der Waals surface area contributed by atoms with Gasteiger partial charge in [-0.25, -0.2) is 0 Å². The number of carbonyl (C=O) groups is 1. The van der Waals surface area contributed by atoms with Crippen molar-refractivity contribution < 1.29 is 4.79 Å². The molecule has 1 atom stereocenters. The quantitative estimate of drug-likeness (QED) is 0.219. The molecule has 3 aromatic rings. The Labute approximate surface area is 197 Å². The highest BCUT2D eigenvalue weighted by Gasteiger charge is 2.35. The van der Waals surface area contributed by atoms with Crippen molar-refractivity contribution in [2.45, 2.75) is 9.96 Å². The predicted molar refractivity (Wildman–Crippen MR) is 129 cm³/mol. The normalized spacial score (nSPS) is 12.3. The molecule has 3 N–H and O–H groups in total. The van der Waals surface area contributed by atoms with Gasteiger partial charge in [-0.15, -0.1) is 0 Å².